The molecule has 0 aliphatic rings. The Hall–Kier alpha value is -1.22. The minimum absolute atomic E-state index is 0. The highest BCUT2D eigenvalue weighted by atomic mass is 127. The molecular formula is C16H24IN5S. The van der Waals surface area contributed by atoms with Gasteiger partial charge < -0.3 is 15.2 Å². The van der Waals surface area contributed by atoms with Gasteiger partial charge in [-0.25, -0.2) is 4.98 Å². The van der Waals surface area contributed by atoms with Gasteiger partial charge in [0.2, 0.25) is 0 Å². The Morgan fingerprint density at radius 2 is 1.96 bits per heavy atom. The van der Waals surface area contributed by atoms with Gasteiger partial charge in [0.25, 0.3) is 0 Å². The third kappa shape index (κ3) is 7.26. The first kappa shape index (κ1) is 19.8. The molecule has 0 aliphatic carbocycles. The number of nitrogens with zero attached hydrogens (tertiary/aromatic N) is 3. The van der Waals surface area contributed by atoms with Crippen molar-refractivity contribution in [3.05, 3.63) is 54.1 Å². The molecule has 0 unspecified atom stereocenters. The molecule has 7 heteroatoms. The Morgan fingerprint density at radius 1 is 1.22 bits per heavy atom. The summed E-state index contributed by atoms with van der Waals surface area (Å²) < 4.78 is 2.06. The van der Waals surface area contributed by atoms with Crippen LogP contribution in [0.3, 0.4) is 0 Å². The molecule has 0 amide bonds. The van der Waals surface area contributed by atoms with E-state index in [1.807, 2.05) is 24.3 Å². The van der Waals surface area contributed by atoms with E-state index in [1.54, 1.807) is 13.2 Å². The normalized spacial score (nSPS) is 11.0. The van der Waals surface area contributed by atoms with E-state index in [2.05, 4.69) is 55.7 Å². The molecule has 0 radical (unpaired) electrons. The van der Waals surface area contributed by atoms with Crippen molar-refractivity contribution >= 4 is 41.7 Å². The smallest absolute Gasteiger partial charge is 0.191 e. The summed E-state index contributed by atoms with van der Waals surface area (Å²) in [4.78, 5) is 8.27. The first-order chi connectivity index (χ1) is 10.8. The van der Waals surface area contributed by atoms with Crippen molar-refractivity contribution in [1.29, 1.82) is 0 Å². The Bertz CT molecular complexity index is 569. The maximum Gasteiger partial charge on any atom is 0.191 e. The monoisotopic (exact) mass is 445 g/mol. The molecule has 2 rings (SSSR count). The molecule has 1 heterocycles. The first-order valence-electron chi connectivity index (χ1n) is 7.29. The summed E-state index contributed by atoms with van der Waals surface area (Å²) in [5, 5.41) is 6.61. The lowest BCUT2D eigenvalue weighted by atomic mass is 10.1. The minimum Gasteiger partial charge on any atom is -0.356 e. The number of imidazole rings is 1. The van der Waals surface area contributed by atoms with Crippen LogP contribution in [0.5, 0.6) is 0 Å². The highest BCUT2D eigenvalue weighted by Gasteiger charge is 1.99. The van der Waals surface area contributed by atoms with E-state index in [4.69, 9.17) is 0 Å². The van der Waals surface area contributed by atoms with Crippen molar-refractivity contribution in [1.82, 2.24) is 20.2 Å². The highest BCUT2D eigenvalue weighted by Crippen LogP contribution is 2.06. The van der Waals surface area contributed by atoms with E-state index in [-0.39, 0.29) is 24.0 Å². The molecule has 0 saturated heterocycles. The van der Waals surface area contributed by atoms with E-state index in [1.165, 1.54) is 11.1 Å². The summed E-state index contributed by atoms with van der Waals surface area (Å²) in [6.45, 7) is 2.54. The van der Waals surface area contributed by atoms with Crippen LogP contribution >= 0.6 is 35.7 Å². The molecule has 0 spiro atoms. The second-order valence-corrected chi connectivity index (χ2v) is 5.88. The molecule has 0 fully saturated rings. The molecule has 1 aromatic carbocycles. The van der Waals surface area contributed by atoms with E-state index in [0.717, 1.165) is 31.3 Å². The zero-order valence-corrected chi connectivity index (χ0v) is 16.7. The highest BCUT2D eigenvalue weighted by molar-refractivity contribution is 14.0. The van der Waals surface area contributed by atoms with Crippen LogP contribution in [0, 0.1) is 0 Å². The molecule has 1 aromatic heterocycles. The van der Waals surface area contributed by atoms with Crippen molar-refractivity contribution < 1.29 is 0 Å². The lowest BCUT2D eigenvalue weighted by Gasteiger charge is -2.12. The van der Waals surface area contributed by atoms with E-state index in [0.29, 0.717) is 0 Å². The third-order valence-corrected chi connectivity index (χ3v) is 3.84. The molecule has 0 saturated carbocycles. The average Bonchev–Trinajstić information content (AvgIpc) is 3.05. The van der Waals surface area contributed by atoms with Crippen LogP contribution in [0.4, 0.5) is 0 Å². The first-order valence-corrected chi connectivity index (χ1v) is 8.68. The average molecular weight is 445 g/mol. The van der Waals surface area contributed by atoms with Crippen LogP contribution in [0.1, 0.15) is 11.1 Å². The Labute approximate surface area is 159 Å². The predicted octanol–water partition coefficient (Wildman–Crippen LogP) is 2.58. The van der Waals surface area contributed by atoms with Gasteiger partial charge >= 0.3 is 0 Å². The molecule has 0 atom stereocenters. The summed E-state index contributed by atoms with van der Waals surface area (Å²) >= 11 is 1.82. The van der Waals surface area contributed by atoms with Gasteiger partial charge in [-0.05, 0) is 17.4 Å². The molecule has 2 aromatic rings. The molecule has 0 aliphatic heterocycles. The van der Waals surface area contributed by atoms with Crippen molar-refractivity contribution in [2.24, 2.45) is 4.99 Å². The molecule has 0 bridgehead atoms. The zero-order chi connectivity index (χ0) is 15.6. The summed E-state index contributed by atoms with van der Waals surface area (Å²) in [5.74, 6) is 1.92. The standard InChI is InChI=1S/C16H23N5S.HI/c1-17-16(19-8-10-22-2)20-11-14-3-5-15(6-4-14)12-21-9-7-18-13-21;/h3-7,9,13H,8,10-12H2,1-2H3,(H2,17,19,20);1H. The zero-order valence-electron chi connectivity index (χ0n) is 13.5. The van der Waals surface area contributed by atoms with Gasteiger partial charge in [-0.3, -0.25) is 4.99 Å². The summed E-state index contributed by atoms with van der Waals surface area (Å²) in [6, 6.07) is 8.60. The Morgan fingerprint density at radius 3 is 2.57 bits per heavy atom. The van der Waals surface area contributed by atoms with Gasteiger partial charge in [-0.2, -0.15) is 11.8 Å². The summed E-state index contributed by atoms with van der Waals surface area (Å²) in [7, 11) is 1.79. The number of guanidine groups is 1. The van der Waals surface area contributed by atoms with Crippen LogP contribution in [0.15, 0.2) is 48.0 Å². The Balaban J connectivity index is 0.00000264. The van der Waals surface area contributed by atoms with E-state index < -0.39 is 0 Å². The lowest BCUT2D eigenvalue weighted by molar-refractivity contribution is 0.794. The van der Waals surface area contributed by atoms with E-state index in [9.17, 15) is 0 Å². The van der Waals surface area contributed by atoms with Crippen LogP contribution in [0.2, 0.25) is 0 Å². The van der Waals surface area contributed by atoms with Crippen molar-refractivity contribution in [2.45, 2.75) is 13.1 Å². The number of hydrogen-bond donors (Lipinski definition) is 2. The maximum absolute atomic E-state index is 4.22. The van der Waals surface area contributed by atoms with Gasteiger partial charge in [0, 0.05) is 44.8 Å². The number of nitrogens with one attached hydrogen (secondary N) is 2. The number of aromatic nitrogens is 2. The lowest BCUT2D eigenvalue weighted by Crippen LogP contribution is -2.37. The van der Waals surface area contributed by atoms with E-state index >= 15 is 0 Å². The fraction of sp³-hybridized carbons (Fsp3) is 0.375. The summed E-state index contributed by atoms with van der Waals surface area (Å²) in [5.41, 5.74) is 2.51. The maximum atomic E-state index is 4.22. The molecule has 23 heavy (non-hydrogen) atoms. The fourth-order valence-electron chi connectivity index (χ4n) is 2.03. The number of aliphatic imine (C=N–C) groups is 1. The van der Waals surface area contributed by atoms with Gasteiger partial charge in [-0.15, -0.1) is 24.0 Å². The second-order valence-electron chi connectivity index (χ2n) is 4.90. The molecule has 126 valence electrons. The van der Waals surface area contributed by atoms with Crippen LogP contribution in [-0.2, 0) is 13.1 Å². The third-order valence-electron chi connectivity index (χ3n) is 3.23. The number of rotatable bonds is 7. The van der Waals surface area contributed by atoms with Crippen LogP contribution in [-0.4, -0.2) is 41.1 Å². The van der Waals surface area contributed by atoms with Crippen molar-refractivity contribution in [3.8, 4) is 0 Å². The molecule has 2 N–H and O–H groups in total. The number of benzene rings is 1. The minimum atomic E-state index is 0. The fourth-order valence-corrected chi connectivity index (χ4v) is 2.34. The van der Waals surface area contributed by atoms with Gasteiger partial charge in [-0.1, -0.05) is 24.3 Å². The number of halogens is 1. The molecular weight excluding hydrogens is 421 g/mol. The van der Waals surface area contributed by atoms with Crippen LogP contribution in [0.25, 0.3) is 0 Å². The van der Waals surface area contributed by atoms with Crippen LogP contribution < -0.4 is 10.6 Å². The largest absolute Gasteiger partial charge is 0.356 e. The Kier molecular flexibility index (Phi) is 9.77. The van der Waals surface area contributed by atoms with Gasteiger partial charge in [0.1, 0.15) is 0 Å². The topological polar surface area (TPSA) is 54.2 Å². The van der Waals surface area contributed by atoms with Crippen molar-refractivity contribution in [2.75, 3.05) is 25.6 Å². The molecule has 5 nitrogen and oxygen atoms in total. The SMILES string of the molecule is CN=C(NCCSC)NCc1ccc(Cn2ccnc2)cc1.I. The predicted molar refractivity (Wildman–Crippen MR) is 110 cm³/mol. The van der Waals surface area contributed by atoms with Gasteiger partial charge in [0.15, 0.2) is 5.96 Å². The second kappa shape index (κ2) is 11.3. The van der Waals surface area contributed by atoms with Crippen molar-refractivity contribution in [3.63, 3.8) is 0 Å². The summed E-state index contributed by atoms with van der Waals surface area (Å²) in [6.07, 6.45) is 7.70. The number of thioether (sulfide) groups is 1. The quantitative estimate of drug-likeness (QED) is 0.298. The van der Waals surface area contributed by atoms with Gasteiger partial charge in [0.05, 0.1) is 6.33 Å². The number of hydrogen-bond acceptors (Lipinski definition) is 3.